The van der Waals surface area contributed by atoms with E-state index in [2.05, 4.69) is 15.2 Å². The fourth-order valence-corrected chi connectivity index (χ4v) is 1.31. The Bertz CT molecular complexity index is 416. The quantitative estimate of drug-likeness (QED) is 0.742. The molecule has 7 nitrogen and oxygen atoms in total. The van der Waals surface area contributed by atoms with E-state index in [4.69, 9.17) is 4.74 Å². The lowest BCUT2D eigenvalue weighted by Crippen LogP contribution is -2.30. The van der Waals surface area contributed by atoms with Crippen LogP contribution in [-0.2, 0) is 16.0 Å². The third-order valence-electron chi connectivity index (χ3n) is 2.36. The van der Waals surface area contributed by atoms with E-state index in [1.165, 1.54) is 4.90 Å². The number of hydrogen-bond acceptors (Lipinski definition) is 5. The van der Waals surface area contributed by atoms with Crippen molar-refractivity contribution in [2.24, 2.45) is 0 Å². The second-order valence-electron chi connectivity index (χ2n) is 3.74. The van der Waals surface area contributed by atoms with Crippen LogP contribution in [0.3, 0.4) is 0 Å². The van der Waals surface area contributed by atoms with Crippen LogP contribution in [0.4, 0.5) is 0 Å². The molecule has 0 fully saturated rings. The Kier molecular flexibility index (Phi) is 5.29. The van der Waals surface area contributed by atoms with Gasteiger partial charge >= 0.3 is 5.97 Å². The van der Waals surface area contributed by atoms with Crippen molar-refractivity contribution in [2.75, 3.05) is 20.2 Å². The van der Waals surface area contributed by atoms with Crippen LogP contribution in [0.2, 0.25) is 0 Å². The molecule has 100 valence electrons. The zero-order valence-electron chi connectivity index (χ0n) is 10.9. The van der Waals surface area contributed by atoms with Crippen molar-refractivity contribution in [3.63, 3.8) is 0 Å². The van der Waals surface area contributed by atoms with Gasteiger partial charge in [0.15, 0.2) is 0 Å². The first-order valence-electron chi connectivity index (χ1n) is 5.90. The lowest BCUT2D eigenvalue weighted by molar-refractivity contribution is -0.143. The zero-order valence-corrected chi connectivity index (χ0v) is 10.9. The molecule has 0 aromatic carbocycles. The van der Waals surface area contributed by atoms with Crippen LogP contribution in [0.5, 0.6) is 0 Å². The fraction of sp³-hybridized carbons (Fsp3) is 0.636. The van der Waals surface area contributed by atoms with E-state index in [1.54, 1.807) is 14.0 Å². The predicted molar refractivity (Wildman–Crippen MR) is 64.0 cm³/mol. The smallest absolute Gasteiger partial charge is 0.307 e. The zero-order chi connectivity index (χ0) is 13.5. The Hall–Kier alpha value is -1.92. The molecule has 0 saturated heterocycles. The van der Waals surface area contributed by atoms with Gasteiger partial charge in [0.1, 0.15) is 5.82 Å². The number of nitrogens with zero attached hydrogens (tertiary/aromatic N) is 3. The Morgan fingerprint density at radius 3 is 2.67 bits per heavy atom. The molecule has 1 rings (SSSR count). The molecule has 1 N–H and O–H groups in total. The van der Waals surface area contributed by atoms with Gasteiger partial charge in [-0.1, -0.05) is 6.92 Å². The van der Waals surface area contributed by atoms with Crippen molar-refractivity contribution in [1.82, 2.24) is 20.1 Å². The van der Waals surface area contributed by atoms with E-state index in [1.807, 2.05) is 6.92 Å². The molecule has 0 aliphatic heterocycles. The van der Waals surface area contributed by atoms with Crippen LogP contribution in [0, 0.1) is 0 Å². The van der Waals surface area contributed by atoms with Gasteiger partial charge in [-0.3, -0.25) is 14.7 Å². The average molecular weight is 254 g/mol. The third-order valence-corrected chi connectivity index (χ3v) is 2.36. The minimum Gasteiger partial charge on any atom is -0.466 e. The first kappa shape index (κ1) is 14.1. The Morgan fingerprint density at radius 1 is 1.39 bits per heavy atom. The second kappa shape index (κ2) is 6.73. The van der Waals surface area contributed by atoms with Gasteiger partial charge < -0.3 is 9.64 Å². The number of ether oxygens (including phenoxy) is 1. The topological polar surface area (TPSA) is 88.2 Å². The van der Waals surface area contributed by atoms with E-state index in [-0.39, 0.29) is 30.7 Å². The summed E-state index contributed by atoms with van der Waals surface area (Å²) in [4.78, 5) is 28.5. The molecular formula is C11H18N4O3. The SMILES string of the molecule is CCOC(=O)CCN(C)C(=O)c1n[nH]c(CC)n1. The minimum absolute atomic E-state index is 0.123. The molecule has 1 aromatic heterocycles. The standard InChI is InChI=1S/C11H18N4O3/c1-4-8-12-10(14-13-8)11(17)15(3)7-6-9(16)18-5-2/h4-7H2,1-3H3,(H,12,13,14). The lowest BCUT2D eigenvalue weighted by atomic mass is 10.4. The summed E-state index contributed by atoms with van der Waals surface area (Å²) in [6, 6.07) is 0. The van der Waals surface area contributed by atoms with Crippen molar-refractivity contribution in [3.8, 4) is 0 Å². The van der Waals surface area contributed by atoms with Crippen LogP contribution in [0.15, 0.2) is 0 Å². The number of carbonyl (C=O) groups is 2. The number of aryl methyl sites for hydroxylation is 1. The second-order valence-corrected chi connectivity index (χ2v) is 3.74. The Labute approximate surface area is 106 Å². The minimum atomic E-state index is -0.318. The van der Waals surface area contributed by atoms with Gasteiger partial charge in [-0.25, -0.2) is 4.98 Å². The lowest BCUT2D eigenvalue weighted by Gasteiger charge is -2.14. The highest BCUT2D eigenvalue weighted by molar-refractivity contribution is 5.90. The summed E-state index contributed by atoms with van der Waals surface area (Å²) in [5.41, 5.74) is 0. The summed E-state index contributed by atoms with van der Waals surface area (Å²) >= 11 is 0. The van der Waals surface area contributed by atoms with Gasteiger partial charge in [-0.2, -0.15) is 0 Å². The van der Waals surface area contributed by atoms with E-state index in [9.17, 15) is 9.59 Å². The number of esters is 1. The molecule has 1 amide bonds. The molecule has 0 aliphatic rings. The summed E-state index contributed by atoms with van der Waals surface area (Å²) in [5.74, 6) is 0.159. The van der Waals surface area contributed by atoms with Gasteiger partial charge in [-0.05, 0) is 6.92 Å². The number of carbonyl (C=O) groups excluding carboxylic acids is 2. The molecule has 18 heavy (non-hydrogen) atoms. The molecule has 0 saturated carbocycles. The van der Waals surface area contributed by atoms with Gasteiger partial charge in [0, 0.05) is 20.0 Å². The number of hydrogen-bond donors (Lipinski definition) is 1. The highest BCUT2D eigenvalue weighted by atomic mass is 16.5. The van der Waals surface area contributed by atoms with Crippen molar-refractivity contribution in [2.45, 2.75) is 26.7 Å². The molecule has 0 atom stereocenters. The van der Waals surface area contributed by atoms with E-state index in [0.29, 0.717) is 18.9 Å². The maximum Gasteiger partial charge on any atom is 0.307 e. The van der Waals surface area contributed by atoms with Crippen LogP contribution in [0.1, 0.15) is 36.7 Å². The molecule has 0 aliphatic carbocycles. The molecular weight excluding hydrogens is 236 g/mol. The summed E-state index contributed by atoms with van der Waals surface area (Å²) in [7, 11) is 1.60. The summed E-state index contributed by atoms with van der Waals surface area (Å²) < 4.78 is 4.78. The molecule has 0 spiro atoms. The first-order chi connectivity index (χ1) is 8.58. The molecule has 1 aromatic rings. The van der Waals surface area contributed by atoms with E-state index >= 15 is 0 Å². The van der Waals surface area contributed by atoms with E-state index in [0.717, 1.165) is 0 Å². The van der Waals surface area contributed by atoms with Gasteiger partial charge in [-0.15, -0.1) is 5.10 Å². The molecule has 0 bridgehead atoms. The highest BCUT2D eigenvalue weighted by Crippen LogP contribution is 2.00. The van der Waals surface area contributed by atoms with Crippen LogP contribution < -0.4 is 0 Å². The molecule has 1 heterocycles. The number of rotatable bonds is 6. The van der Waals surface area contributed by atoms with Gasteiger partial charge in [0.05, 0.1) is 13.0 Å². The number of aromatic nitrogens is 3. The molecule has 0 radical (unpaired) electrons. The third kappa shape index (κ3) is 3.83. The normalized spacial score (nSPS) is 10.2. The monoisotopic (exact) mass is 254 g/mol. The number of nitrogens with one attached hydrogen (secondary N) is 1. The van der Waals surface area contributed by atoms with Crippen molar-refractivity contribution in [1.29, 1.82) is 0 Å². The molecule has 0 unspecified atom stereocenters. The van der Waals surface area contributed by atoms with Crippen LogP contribution in [0.25, 0.3) is 0 Å². The van der Waals surface area contributed by atoms with E-state index < -0.39 is 0 Å². The number of aromatic amines is 1. The number of H-pyrrole nitrogens is 1. The summed E-state index contributed by atoms with van der Waals surface area (Å²) in [6.45, 7) is 4.29. The van der Waals surface area contributed by atoms with Crippen molar-refractivity contribution < 1.29 is 14.3 Å². The molecule has 7 heteroatoms. The van der Waals surface area contributed by atoms with Crippen LogP contribution >= 0.6 is 0 Å². The maximum atomic E-state index is 11.9. The summed E-state index contributed by atoms with van der Waals surface area (Å²) in [5, 5.41) is 6.50. The Morgan fingerprint density at radius 2 is 2.11 bits per heavy atom. The van der Waals surface area contributed by atoms with Gasteiger partial charge in [0.25, 0.3) is 5.91 Å². The largest absolute Gasteiger partial charge is 0.466 e. The highest BCUT2D eigenvalue weighted by Gasteiger charge is 2.17. The Balaban J connectivity index is 2.48. The number of amides is 1. The fourth-order valence-electron chi connectivity index (χ4n) is 1.31. The first-order valence-corrected chi connectivity index (χ1v) is 5.90. The summed E-state index contributed by atoms with van der Waals surface area (Å²) in [6.07, 6.45) is 0.855. The van der Waals surface area contributed by atoms with Crippen LogP contribution in [-0.4, -0.2) is 52.2 Å². The maximum absolute atomic E-state index is 11.9. The van der Waals surface area contributed by atoms with Gasteiger partial charge in [0.2, 0.25) is 5.82 Å². The predicted octanol–water partition coefficient (Wildman–Crippen LogP) is 0.392. The average Bonchev–Trinajstić information content (AvgIpc) is 2.84. The van der Waals surface area contributed by atoms with Crippen molar-refractivity contribution >= 4 is 11.9 Å². The van der Waals surface area contributed by atoms with Crippen molar-refractivity contribution in [3.05, 3.63) is 11.6 Å².